The van der Waals surface area contributed by atoms with Crippen LogP contribution in [0.3, 0.4) is 0 Å². The number of nitrogens with one attached hydrogen (secondary N) is 1. The molecule has 0 spiro atoms. The van der Waals surface area contributed by atoms with Crippen LogP contribution in [0.2, 0.25) is 10.0 Å². The first-order valence-electron chi connectivity index (χ1n) is 7.43. The van der Waals surface area contributed by atoms with Crippen LogP contribution in [-0.2, 0) is 6.54 Å². The lowest BCUT2D eigenvalue weighted by Crippen LogP contribution is -2.02. The molecule has 2 rings (SSSR count). The van der Waals surface area contributed by atoms with Crippen molar-refractivity contribution in [2.24, 2.45) is 0 Å². The minimum Gasteiger partial charge on any atom is -0.490 e. The second kappa shape index (κ2) is 7.75. The fraction of sp³-hybridized carbons (Fsp3) is 0.333. The molecule has 1 N–H and O–H groups in total. The number of ether oxygens (including phenoxy) is 1. The van der Waals surface area contributed by atoms with Crippen molar-refractivity contribution in [3.8, 4) is 5.75 Å². The zero-order valence-corrected chi connectivity index (χ0v) is 14.7. The fourth-order valence-electron chi connectivity index (χ4n) is 2.11. The van der Waals surface area contributed by atoms with Gasteiger partial charge in [-0.1, -0.05) is 36.2 Å². The highest BCUT2D eigenvalue weighted by molar-refractivity contribution is 6.37. The molecule has 0 fully saturated rings. The molecule has 0 bridgehead atoms. The van der Waals surface area contributed by atoms with Gasteiger partial charge in [0.2, 0.25) is 0 Å². The maximum Gasteiger partial charge on any atom is 0.156 e. The Morgan fingerprint density at radius 2 is 1.68 bits per heavy atom. The van der Waals surface area contributed by atoms with Crippen LogP contribution in [0.25, 0.3) is 0 Å². The number of aryl methyl sites for hydroxylation is 2. The van der Waals surface area contributed by atoms with Crippen LogP contribution in [0.5, 0.6) is 5.75 Å². The van der Waals surface area contributed by atoms with Crippen molar-refractivity contribution in [3.63, 3.8) is 0 Å². The third-order valence-corrected chi connectivity index (χ3v) is 4.07. The van der Waals surface area contributed by atoms with Gasteiger partial charge in [-0.2, -0.15) is 0 Å². The maximum absolute atomic E-state index is 6.26. The van der Waals surface area contributed by atoms with Gasteiger partial charge in [-0.25, -0.2) is 0 Å². The van der Waals surface area contributed by atoms with Gasteiger partial charge in [0.15, 0.2) is 5.75 Å². The molecule has 2 aromatic rings. The van der Waals surface area contributed by atoms with E-state index in [2.05, 4.69) is 37.4 Å². The second-order valence-corrected chi connectivity index (χ2v) is 6.20. The molecule has 0 aliphatic rings. The van der Waals surface area contributed by atoms with Gasteiger partial charge in [0.05, 0.1) is 16.7 Å². The molecule has 118 valence electrons. The van der Waals surface area contributed by atoms with Gasteiger partial charge in [0, 0.05) is 12.2 Å². The Kier molecular flexibility index (Phi) is 5.98. The summed E-state index contributed by atoms with van der Waals surface area (Å²) in [6, 6.07) is 10.1. The molecule has 0 atom stereocenters. The summed E-state index contributed by atoms with van der Waals surface area (Å²) in [5.74, 6) is 0.570. The van der Waals surface area contributed by atoms with E-state index in [-0.39, 0.29) is 0 Å². The van der Waals surface area contributed by atoms with Gasteiger partial charge in [0.25, 0.3) is 0 Å². The average molecular weight is 338 g/mol. The highest BCUT2D eigenvalue weighted by Gasteiger charge is 2.09. The quantitative estimate of drug-likeness (QED) is 0.696. The molecule has 4 heteroatoms. The molecule has 22 heavy (non-hydrogen) atoms. The molecular weight excluding hydrogens is 317 g/mol. The van der Waals surface area contributed by atoms with E-state index in [0.717, 1.165) is 17.7 Å². The fourth-order valence-corrected chi connectivity index (χ4v) is 2.75. The van der Waals surface area contributed by atoms with Crippen molar-refractivity contribution in [3.05, 3.63) is 57.1 Å². The van der Waals surface area contributed by atoms with E-state index in [0.29, 0.717) is 28.9 Å². The molecule has 0 aliphatic heterocycles. The Morgan fingerprint density at radius 3 is 2.27 bits per heavy atom. The Bertz CT molecular complexity index is 633. The Hall–Kier alpha value is -1.38. The Balaban J connectivity index is 2.08. The molecule has 0 unspecified atom stereocenters. The number of hydrogen-bond acceptors (Lipinski definition) is 2. The van der Waals surface area contributed by atoms with Crippen LogP contribution in [-0.4, -0.2) is 6.61 Å². The van der Waals surface area contributed by atoms with Crippen LogP contribution < -0.4 is 10.1 Å². The summed E-state index contributed by atoms with van der Waals surface area (Å²) in [6.45, 7) is 7.53. The highest BCUT2D eigenvalue weighted by Crippen LogP contribution is 2.34. The van der Waals surface area contributed by atoms with Crippen molar-refractivity contribution >= 4 is 28.9 Å². The first-order valence-corrected chi connectivity index (χ1v) is 8.18. The Morgan fingerprint density at radius 1 is 1.00 bits per heavy atom. The zero-order chi connectivity index (χ0) is 16.1. The number of rotatable bonds is 6. The smallest absolute Gasteiger partial charge is 0.156 e. The monoisotopic (exact) mass is 337 g/mol. The van der Waals surface area contributed by atoms with Crippen LogP contribution in [0.1, 0.15) is 30.0 Å². The van der Waals surface area contributed by atoms with Gasteiger partial charge >= 0.3 is 0 Å². The summed E-state index contributed by atoms with van der Waals surface area (Å²) < 4.78 is 5.58. The molecule has 0 amide bonds. The third kappa shape index (κ3) is 4.31. The zero-order valence-electron chi connectivity index (χ0n) is 13.2. The third-order valence-electron chi connectivity index (χ3n) is 3.51. The minimum atomic E-state index is 0.554. The average Bonchev–Trinajstić information content (AvgIpc) is 2.48. The van der Waals surface area contributed by atoms with Crippen LogP contribution >= 0.6 is 23.2 Å². The number of anilines is 1. The van der Waals surface area contributed by atoms with Gasteiger partial charge < -0.3 is 10.1 Å². The lowest BCUT2D eigenvalue weighted by Gasteiger charge is -2.13. The topological polar surface area (TPSA) is 21.3 Å². The maximum atomic E-state index is 6.26. The standard InChI is InChI=1S/C18H21Cl2NO/c1-4-7-22-18-16(19)9-14(10-17(18)20)11-21-15-6-5-12(2)13(3)8-15/h5-6,8-10,21H,4,7,11H2,1-3H3. The first-order chi connectivity index (χ1) is 10.5. The Labute approximate surface area is 142 Å². The van der Waals surface area contributed by atoms with Gasteiger partial charge in [-0.05, 0) is 61.2 Å². The molecule has 0 saturated heterocycles. The molecular formula is C18H21Cl2NO. The summed E-state index contributed by atoms with van der Waals surface area (Å²) >= 11 is 12.5. The second-order valence-electron chi connectivity index (χ2n) is 5.39. The molecule has 0 saturated carbocycles. The van der Waals surface area contributed by atoms with E-state index >= 15 is 0 Å². The first kappa shape index (κ1) is 17.0. The van der Waals surface area contributed by atoms with Crippen LogP contribution in [0, 0.1) is 13.8 Å². The predicted molar refractivity (Wildman–Crippen MR) is 95.5 cm³/mol. The summed E-state index contributed by atoms with van der Waals surface area (Å²) in [4.78, 5) is 0. The highest BCUT2D eigenvalue weighted by atomic mass is 35.5. The summed E-state index contributed by atoms with van der Waals surface area (Å²) in [5.41, 5.74) is 4.66. The van der Waals surface area contributed by atoms with Crippen molar-refractivity contribution in [1.29, 1.82) is 0 Å². The van der Waals surface area contributed by atoms with Crippen molar-refractivity contribution in [2.75, 3.05) is 11.9 Å². The summed E-state index contributed by atoms with van der Waals surface area (Å²) in [5, 5.41) is 4.50. The normalized spacial score (nSPS) is 10.6. The van der Waals surface area contributed by atoms with E-state index in [4.69, 9.17) is 27.9 Å². The summed E-state index contributed by atoms with van der Waals surface area (Å²) in [7, 11) is 0. The molecule has 0 aliphatic carbocycles. The van der Waals surface area contributed by atoms with Crippen molar-refractivity contribution < 1.29 is 4.74 Å². The van der Waals surface area contributed by atoms with Gasteiger partial charge in [0.1, 0.15) is 0 Å². The van der Waals surface area contributed by atoms with Crippen molar-refractivity contribution in [2.45, 2.75) is 33.7 Å². The van der Waals surface area contributed by atoms with E-state index in [9.17, 15) is 0 Å². The molecule has 0 radical (unpaired) electrons. The SMILES string of the molecule is CCCOc1c(Cl)cc(CNc2ccc(C)c(C)c2)cc1Cl. The minimum absolute atomic E-state index is 0.554. The summed E-state index contributed by atoms with van der Waals surface area (Å²) in [6.07, 6.45) is 0.919. The molecule has 0 heterocycles. The lowest BCUT2D eigenvalue weighted by molar-refractivity contribution is 0.318. The molecule has 2 aromatic carbocycles. The number of benzene rings is 2. The van der Waals surface area contributed by atoms with E-state index in [1.54, 1.807) is 0 Å². The van der Waals surface area contributed by atoms with Crippen LogP contribution in [0.15, 0.2) is 30.3 Å². The van der Waals surface area contributed by atoms with Crippen molar-refractivity contribution in [1.82, 2.24) is 0 Å². The lowest BCUT2D eigenvalue weighted by atomic mass is 10.1. The van der Waals surface area contributed by atoms with Crippen LogP contribution in [0.4, 0.5) is 5.69 Å². The molecule has 2 nitrogen and oxygen atoms in total. The number of hydrogen-bond donors (Lipinski definition) is 1. The van der Waals surface area contributed by atoms with Gasteiger partial charge in [-0.15, -0.1) is 0 Å². The molecule has 0 aromatic heterocycles. The van der Waals surface area contributed by atoms with E-state index < -0.39 is 0 Å². The van der Waals surface area contributed by atoms with E-state index in [1.165, 1.54) is 11.1 Å². The number of halogens is 2. The van der Waals surface area contributed by atoms with E-state index in [1.807, 2.05) is 19.1 Å². The van der Waals surface area contributed by atoms with Gasteiger partial charge in [-0.3, -0.25) is 0 Å². The largest absolute Gasteiger partial charge is 0.490 e. The predicted octanol–water partition coefficient (Wildman–Crippen LogP) is 6.01.